The molecule has 0 aliphatic carbocycles. The Morgan fingerprint density at radius 1 is 1.57 bits per heavy atom. The molecule has 1 atom stereocenters. The number of benzene rings is 1. The molecule has 1 unspecified atom stereocenters. The van der Waals surface area contributed by atoms with Gasteiger partial charge in [0.1, 0.15) is 5.25 Å². The summed E-state index contributed by atoms with van der Waals surface area (Å²) in [5, 5.41) is 18.8. The standard InChI is InChI=1S/C13H12IN3O3S/c1-7-3-2-4-9(14)8(7)6-15-17-13-16-12(20)10(21-13)5-11(18)19/h2-4,6,10H,5H2,1H3,(H,18,19)(H,16,17,20). The van der Waals surface area contributed by atoms with Gasteiger partial charge in [-0.1, -0.05) is 23.9 Å². The molecular weight excluding hydrogens is 405 g/mol. The molecule has 21 heavy (non-hydrogen) atoms. The SMILES string of the molecule is Cc1cccc(I)c1C=NN=C1NC(=O)C(CC(=O)O)S1. The van der Waals surface area contributed by atoms with Crippen LogP contribution >= 0.6 is 34.4 Å². The van der Waals surface area contributed by atoms with Gasteiger partial charge in [-0.2, -0.15) is 5.10 Å². The van der Waals surface area contributed by atoms with E-state index in [-0.39, 0.29) is 12.3 Å². The maximum absolute atomic E-state index is 11.5. The minimum Gasteiger partial charge on any atom is -0.481 e. The van der Waals surface area contributed by atoms with Crippen LogP contribution in [0.3, 0.4) is 0 Å². The molecule has 0 spiro atoms. The number of nitrogens with one attached hydrogen (secondary N) is 1. The normalized spacial score (nSPS) is 20.2. The first-order valence-corrected chi connectivity index (χ1v) is 7.98. The zero-order valence-electron chi connectivity index (χ0n) is 11.0. The summed E-state index contributed by atoms with van der Waals surface area (Å²) in [5.74, 6) is -1.36. The Morgan fingerprint density at radius 2 is 2.33 bits per heavy atom. The average molecular weight is 417 g/mol. The Bertz CT molecular complexity index is 625. The van der Waals surface area contributed by atoms with Gasteiger partial charge in [-0.3, -0.25) is 9.59 Å². The molecule has 1 heterocycles. The number of aliphatic carboxylic acids is 1. The highest BCUT2D eigenvalue weighted by molar-refractivity contribution is 14.1. The zero-order chi connectivity index (χ0) is 15.4. The van der Waals surface area contributed by atoms with E-state index in [1.54, 1.807) is 6.21 Å². The predicted molar refractivity (Wildman–Crippen MR) is 90.7 cm³/mol. The van der Waals surface area contributed by atoms with Crippen LogP contribution in [0.1, 0.15) is 17.5 Å². The van der Waals surface area contributed by atoms with Crippen LogP contribution < -0.4 is 5.32 Å². The third-order valence-electron chi connectivity index (χ3n) is 2.74. The molecule has 1 amide bonds. The van der Waals surface area contributed by atoms with E-state index in [1.807, 2.05) is 25.1 Å². The molecule has 1 aliphatic heterocycles. The number of halogens is 1. The van der Waals surface area contributed by atoms with E-state index in [2.05, 4.69) is 38.1 Å². The van der Waals surface area contributed by atoms with E-state index >= 15 is 0 Å². The monoisotopic (exact) mass is 417 g/mol. The first-order chi connectivity index (χ1) is 9.97. The lowest BCUT2D eigenvalue weighted by molar-refractivity contribution is -0.138. The maximum atomic E-state index is 11.5. The summed E-state index contributed by atoms with van der Waals surface area (Å²) in [6.07, 6.45) is 1.40. The highest BCUT2D eigenvalue weighted by Gasteiger charge is 2.32. The van der Waals surface area contributed by atoms with Crippen LogP contribution in [-0.2, 0) is 9.59 Å². The molecule has 0 aromatic heterocycles. The van der Waals surface area contributed by atoms with Gasteiger partial charge in [0.05, 0.1) is 12.6 Å². The van der Waals surface area contributed by atoms with E-state index in [0.717, 1.165) is 26.5 Å². The lowest BCUT2D eigenvalue weighted by Gasteiger charge is -2.01. The fraction of sp³-hybridized carbons (Fsp3) is 0.231. The minimum atomic E-state index is -1.01. The second kappa shape index (κ2) is 7.03. The van der Waals surface area contributed by atoms with Crippen molar-refractivity contribution in [2.45, 2.75) is 18.6 Å². The lowest BCUT2D eigenvalue weighted by Crippen LogP contribution is -2.26. The van der Waals surface area contributed by atoms with Crippen molar-refractivity contribution in [2.75, 3.05) is 0 Å². The third kappa shape index (κ3) is 4.27. The maximum Gasteiger partial charge on any atom is 0.305 e. The van der Waals surface area contributed by atoms with E-state index in [0.29, 0.717) is 5.17 Å². The quantitative estimate of drug-likeness (QED) is 0.446. The predicted octanol–water partition coefficient (Wildman–Crippen LogP) is 2.00. The molecule has 0 bridgehead atoms. The highest BCUT2D eigenvalue weighted by Crippen LogP contribution is 2.22. The van der Waals surface area contributed by atoms with E-state index in [9.17, 15) is 9.59 Å². The number of carbonyl (C=O) groups excluding carboxylic acids is 1. The molecule has 2 rings (SSSR count). The van der Waals surface area contributed by atoms with Gasteiger partial charge < -0.3 is 10.4 Å². The topological polar surface area (TPSA) is 91.1 Å². The summed E-state index contributed by atoms with van der Waals surface area (Å²) in [6.45, 7) is 1.98. The lowest BCUT2D eigenvalue weighted by atomic mass is 10.1. The fourth-order valence-corrected chi connectivity index (χ4v) is 3.38. The first kappa shape index (κ1) is 16.0. The minimum absolute atomic E-state index is 0.227. The number of hydrogen-bond donors (Lipinski definition) is 2. The van der Waals surface area contributed by atoms with Gasteiger partial charge in [0.2, 0.25) is 5.91 Å². The van der Waals surface area contributed by atoms with Crippen LogP contribution in [0.5, 0.6) is 0 Å². The molecule has 6 nitrogen and oxygen atoms in total. The Balaban J connectivity index is 2.07. The first-order valence-electron chi connectivity index (χ1n) is 6.03. The number of carboxylic acid groups (broad SMARTS) is 1. The number of aryl methyl sites for hydroxylation is 1. The number of thioether (sulfide) groups is 1. The Kier molecular flexibility index (Phi) is 5.34. The number of carbonyl (C=O) groups is 2. The molecule has 8 heteroatoms. The van der Waals surface area contributed by atoms with Crippen LogP contribution in [0.15, 0.2) is 28.4 Å². The van der Waals surface area contributed by atoms with Gasteiger partial charge in [-0.15, -0.1) is 5.10 Å². The van der Waals surface area contributed by atoms with Crippen molar-refractivity contribution in [1.29, 1.82) is 0 Å². The number of carboxylic acids is 1. The van der Waals surface area contributed by atoms with Crippen molar-refractivity contribution in [3.63, 3.8) is 0 Å². The van der Waals surface area contributed by atoms with Crippen molar-refractivity contribution >= 4 is 57.6 Å². The zero-order valence-corrected chi connectivity index (χ0v) is 14.0. The Labute approximate surface area is 139 Å². The average Bonchev–Trinajstić information content (AvgIpc) is 2.73. The molecule has 1 fully saturated rings. The fourth-order valence-electron chi connectivity index (χ4n) is 1.69. The summed E-state index contributed by atoms with van der Waals surface area (Å²) >= 11 is 3.30. The number of rotatable bonds is 4. The molecule has 1 saturated heterocycles. The second-order valence-corrected chi connectivity index (χ2v) is 6.67. The van der Waals surface area contributed by atoms with Gasteiger partial charge in [0, 0.05) is 9.13 Å². The van der Waals surface area contributed by atoms with Gasteiger partial charge >= 0.3 is 5.97 Å². The third-order valence-corrected chi connectivity index (χ3v) is 4.76. The summed E-state index contributed by atoms with van der Waals surface area (Å²) < 4.78 is 1.06. The number of nitrogens with zero attached hydrogens (tertiary/aromatic N) is 2. The van der Waals surface area contributed by atoms with Crippen LogP contribution in [0.4, 0.5) is 0 Å². The van der Waals surface area contributed by atoms with Gasteiger partial charge in [0.25, 0.3) is 0 Å². The molecule has 1 aromatic rings. The summed E-state index contributed by atoms with van der Waals surface area (Å²) in [7, 11) is 0. The van der Waals surface area contributed by atoms with Crippen LogP contribution in [0.2, 0.25) is 0 Å². The van der Waals surface area contributed by atoms with Crippen molar-refractivity contribution in [2.24, 2.45) is 10.2 Å². The summed E-state index contributed by atoms with van der Waals surface area (Å²) in [4.78, 5) is 22.2. The van der Waals surface area contributed by atoms with Crippen molar-refractivity contribution in [1.82, 2.24) is 5.32 Å². The molecule has 1 aromatic carbocycles. The molecule has 2 N–H and O–H groups in total. The smallest absolute Gasteiger partial charge is 0.305 e. The van der Waals surface area contributed by atoms with Gasteiger partial charge in [-0.05, 0) is 41.1 Å². The molecule has 0 saturated carbocycles. The van der Waals surface area contributed by atoms with Crippen molar-refractivity contribution in [3.8, 4) is 0 Å². The highest BCUT2D eigenvalue weighted by atomic mass is 127. The Morgan fingerprint density at radius 3 is 3.00 bits per heavy atom. The summed E-state index contributed by atoms with van der Waals surface area (Å²) in [5.41, 5.74) is 2.05. The molecular formula is C13H12IN3O3S. The van der Waals surface area contributed by atoms with Crippen LogP contribution in [-0.4, -0.2) is 33.6 Å². The van der Waals surface area contributed by atoms with Gasteiger partial charge in [0.15, 0.2) is 5.17 Å². The second-order valence-electron chi connectivity index (χ2n) is 4.31. The molecule has 0 radical (unpaired) electrons. The van der Waals surface area contributed by atoms with E-state index in [1.165, 1.54) is 0 Å². The van der Waals surface area contributed by atoms with Crippen molar-refractivity contribution < 1.29 is 14.7 Å². The molecule has 1 aliphatic rings. The van der Waals surface area contributed by atoms with E-state index in [4.69, 9.17) is 5.11 Å². The van der Waals surface area contributed by atoms with Gasteiger partial charge in [-0.25, -0.2) is 0 Å². The van der Waals surface area contributed by atoms with Crippen molar-refractivity contribution in [3.05, 3.63) is 32.9 Å². The number of hydrogen-bond acceptors (Lipinski definition) is 5. The summed E-state index contributed by atoms with van der Waals surface area (Å²) in [6, 6.07) is 5.91. The number of amidine groups is 1. The van der Waals surface area contributed by atoms with E-state index < -0.39 is 11.2 Å². The molecule has 110 valence electrons. The van der Waals surface area contributed by atoms with Crippen LogP contribution in [0, 0.1) is 10.5 Å². The largest absolute Gasteiger partial charge is 0.481 e. The van der Waals surface area contributed by atoms with Crippen LogP contribution in [0.25, 0.3) is 0 Å². The Hall–Kier alpha value is -1.42. The number of amides is 1.